The van der Waals surface area contributed by atoms with Crippen molar-refractivity contribution in [3.8, 4) is 11.3 Å². The van der Waals surface area contributed by atoms with Gasteiger partial charge in [-0.2, -0.15) is 5.10 Å². The highest BCUT2D eigenvalue weighted by molar-refractivity contribution is 5.93. The number of hydrogen-bond acceptors (Lipinski definition) is 6. The molecule has 0 bridgehead atoms. The molecule has 1 amide bonds. The van der Waals surface area contributed by atoms with Crippen LogP contribution >= 0.6 is 0 Å². The summed E-state index contributed by atoms with van der Waals surface area (Å²) in [6, 6.07) is 4.16. The van der Waals surface area contributed by atoms with Gasteiger partial charge in [-0.3, -0.25) is 4.68 Å². The third-order valence-corrected chi connectivity index (χ3v) is 5.85. The van der Waals surface area contributed by atoms with Crippen LogP contribution in [0.5, 0.6) is 0 Å². The molecule has 2 aliphatic rings. The standard InChI is InChI=1S/C21H26N6O3/c1-21(12-29-13-21)14-30-20(28)27-7-5-26(6-8-27)18-3-4-22-19-16(18)9-17(24-19)15-10-23-25(2)11-15/h3-4,9-11H,5-8,12-14H2,1-2H3,(H,22,24). The largest absolute Gasteiger partial charge is 0.449 e. The number of nitrogens with zero attached hydrogens (tertiary/aromatic N) is 5. The van der Waals surface area contributed by atoms with E-state index in [1.807, 2.05) is 31.7 Å². The first-order valence-corrected chi connectivity index (χ1v) is 10.2. The predicted octanol–water partition coefficient (Wildman–Crippen LogP) is 2.26. The second-order valence-electron chi connectivity index (χ2n) is 8.51. The van der Waals surface area contributed by atoms with E-state index in [2.05, 4.69) is 33.0 Å². The summed E-state index contributed by atoms with van der Waals surface area (Å²) in [5, 5.41) is 5.32. The van der Waals surface area contributed by atoms with Crippen LogP contribution in [0.4, 0.5) is 10.5 Å². The zero-order valence-corrected chi connectivity index (χ0v) is 17.3. The number of aryl methyl sites for hydroxylation is 1. The van der Waals surface area contributed by atoms with E-state index in [9.17, 15) is 4.79 Å². The van der Waals surface area contributed by atoms with Crippen molar-refractivity contribution in [3.63, 3.8) is 0 Å². The van der Waals surface area contributed by atoms with Crippen LogP contribution < -0.4 is 4.90 Å². The Morgan fingerprint density at radius 2 is 2.10 bits per heavy atom. The molecule has 5 heterocycles. The maximum Gasteiger partial charge on any atom is 0.409 e. The molecule has 0 radical (unpaired) electrons. The number of ether oxygens (including phenoxy) is 2. The quantitative estimate of drug-likeness (QED) is 0.710. The maximum absolute atomic E-state index is 12.4. The van der Waals surface area contributed by atoms with Gasteiger partial charge in [0.25, 0.3) is 0 Å². The van der Waals surface area contributed by atoms with Crippen molar-refractivity contribution < 1.29 is 14.3 Å². The number of hydrogen-bond donors (Lipinski definition) is 1. The van der Waals surface area contributed by atoms with Gasteiger partial charge in [0.2, 0.25) is 0 Å². The highest BCUT2D eigenvalue weighted by Gasteiger charge is 2.35. The van der Waals surface area contributed by atoms with Crippen LogP contribution in [0.1, 0.15) is 6.92 Å². The first kappa shape index (κ1) is 18.9. The summed E-state index contributed by atoms with van der Waals surface area (Å²) >= 11 is 0. The van der Waals surface area contributed by atoms with Gasteiger partial charge in [-0.1, -0.05) is 6.92 Å². The molecule has 0 saturated carbocycles. The molecule has 30 heavy (non-hydrogen) atoms. The van der Waals surface area contributed by atoms with Gasteiger partial charge >= 0.3 is 6.09 Å². The number of anilines is 1. The first-order chi connectivity index (χ1) is 14.5. The molecule has 3 aromatic heterocycles. The van der Waals surface area contributed by atoms with Crippen molar-refractivity contribution in [2.75, 3.05) is 50.9 Å². The molecule has 3 aromatic rings. The maximum atomic E-state index is 12.4. The van der Waals surface area contributed by atoms with Gasteiger partial charge in [0.05, 0.1) is 25.1 Å². The Hall–Kier alpha value is -3.07. The number of nitrogens with one attached hydrogen (secondary N) is 1. The Kier molecular flexibility index (Phi) is 4.62. The van der Waals surface area contributed by atoms with Crippen LogP contribution in [0.15, 0.2) is 30.7 Å². The van der Waals surface area contributed by atoms with Crippen LogP contribution in [0.3, 0.4) is 0 Å². The fraction of sp³-hybridized carbons (Fsp3) is 0.476. The average Bonchev–Trinajstić information content (AvgIpc) is 3.36. The lowest BCUT2D eigenvalue weighted by molar-refractivity contribution is -0.128. The smallest absolute Gasteiger partial charge is 0.409 e. The second kappa shape index (κ2) is 7.32. The van der Waals surface area contributed by atoms with Gasteiger partial charge in [-0.05, 0) is 12.1 Å². The Morgan fingerprint density at radius 1 is 1.30 bits per heavy atom. The lowest BCUT2D eigenvalue weighted by atomic mass is 9.90. The Labute approximate surface area is 174 Å². The Balaban J connectivity index is 1.26. The summed E-state index contributed by atoms with van der Waals surface area (Å²) in [6.45, 7) is 6.58. The highest BCUT2D eigenvalue weighted by atomic mass is 16.6. The van der Waals surface area contributed by atoms with Crippen molar-refractivity contribution in [3.05, 3.63) is 30.7 Å². The van der Waals surface area contributed by atoms with E-state index < -0.39 is 0 Å². The average molecular weight is 410 g/mol. The molecule has 158 valence electrons. The number of H-pyrrole nitrogens is 1. The Morgan fingerprint density at radius 3 is 2.77 bits per heavy atom. The number of aromatic nitrogens is 4. The normalized spacial score (nSPS) is 18.5. The molecule has 2 fully saturated rings. The van der Waals surface area contributed by atoms with Gasteiger partial charge in [-0.25, -0.2) is 9.78 Å². The zero-order chi connectivity index (χ0) is 20.7. The Bertz CT molecular complexity index is 1060. The van der Waals surface area contributed by atoms with Crippen LogP contribution in [0, 0.1) is 5.41 Å². The summed E-state index contributed by atoms with van der Waals surface area (Å²) in [5.74, 6) is 0. The van der Waals surface area contributed by atoms with Crippen LogP contribution in [0.25, 0.3) is 22.3 Å². The topological polar surface area (TPSA) is 88.5 Å². The molecule has 9 nitrogen and oxygen atoms in total. The molecule has 0 atom stereocenters. The van der Waals surface area contributed by atoms with Gasteiger partial charge in [0, 0.05) is 67.7 Å². The molecular formula is C21H26N6O3. The highest BCUT2D eigenvalue weighted by Crippen LogP contribution is 2.31. The SMILES string of the molecule is Cn1cc(-c2cc3c(N4CCN(C(=O)OCC5(C)COC5)CC4)ccnc3[nH]2)cn1. The van der Waals surface area contributed by atoms with Gasteiger partial charge in [0.1, 0.15) is 12.3 Å². The summed E-state index contributed by atoms with van der Waals surface area (Å²) in [5.41, 5.74) is 3.97. The van der Waals surface area contributed by atoms with Crippen LogP contribution in [0.2, 0.25) is 0 Å². The number of pyridine rings is 1. The van der Waals surface area contributed by atoms with Crippen LogP contribution in [-0.2, 0) is 16.5 Å². The number of fused-ring (bicyclic) bond motifs is 1. The fourth-order valence-corrected chi connectivity index (χ4v) is 4.00. The van der Waals surface area contributed by atoms with Crippen molar-refractivity contribution in [2.24, 2.45) is 12.5 Å². The van der Waals surface area contributed by atoms with E-state index in [1.165, 1.54) is 0 Å². The molecule has 0 aromatic carbocycles. The molecule has 2 saturated heterocycles. The minimum Gasteiger partial charge on any atom is -0.449 e. The fourth-order valence-electron chi connectivity index (χ4n) is 4.00. The lowest BCUT2D eigenvalue weighted by Crippen LogP contribution is -2.50. The third-order valence-electron chi connectivity index (χ3n) is 5.85. The van der Waals surface area contributed by atoms with Crippen molar-refractivity contribution in [2.45, 2.75) is 6.92 Å². The number of rotatable bonds is 4. The summed E-state index contributed by atoms with van der Waals surface area (Å²) in [7, 11) is 1.90. The van der Waals surface area contributed by atoms with E-state index in [0.717, 1.165) is 41.1 Å². The predicted molar refractivity (Wildman–Crippen MR) is 112 cm³/mol. The number of amides is 1. The van der Waals surface area contributed by atoms with Crippen molar-refractivity contribution in [1.29, 1.82) is 0 Å². The number of piperazine rings is 1. The van der Waals surface area contributed by atoms with Crippen molar-refractivity contribution in [1.82, 2.24) is 24.6 Å². The number of carbonyl (C=O) groups excluding carboxylic acids is 1. The lowest BCUT2D eigenvalue weighted by Gasteiger charge is -2.39. The van der Waals surface area contributed by atoms with E-state index in [-0.39, 0.29) is 11.5 Å². The van der Waals surface area contributed by atoms with E-state index >= 15 is 0 Å². The molecule has 5 rings (SSSR count). The van der Waals surface area contributed by atoms with Crippen LogP contribution in [-0.4, -0.2) is 76.7 Å². The van der Waals surface area contributed by atoms with E-state index in [1.54, 1.807) is 9.58 Å². The second-order valence-corrected chi connectivity index (χ2v) is 8.51. The third kappa shape index (κ3) is 3.49. The molecule has 0 spiro atoms. The molecule has 0 aliphatic carbocycles. The molecule has 1 N–H and O–H groups in total. The van der Waals surface area contributed by atoms with Gasteiger partial charge in [-0.15, -0.1) is 0 Å². The van der Waals surface area contributed by atoms with Gasteiger partial charge in [0.15, 0.2) is 0 Å². The summed E-state index contributed by atoms with van der Waals surface area (Å²) < 4.78 is 12.5. The molecule has 9 heteroatoms. The minimum absolute atomic E-state index is 0.0274. The number of carbonyl (C=O) groups is 1. The van der Waals surface area contributed by atoms with Gasteiger partial charge < -0.3 is 24.3 Å². The van der Waals surface area contributed by atoms with E-state index in [4.69, 9.17) is 9.47 Å². The zero-order valence-electron chi connectivity index (χ0n) is 17.3. The minimum atomic E-state index is -0.233. The monoisotopic (exact) mass is 410 g/mol. The summed E-state index contributed by atoms with van der Waals surface area (Å²) in [4.78, 5) is 24.4. The molecule has 2 aliphatic heterocycles. The van der Waals surface area contributed by atoms with Crippen molar-refractivity contribution >= 4 is 22.8 Å². The molecule has 0 unspecified atom stereocenters. The van der Waals surface area contributed by atoms with E-state index in [0.29, 0.717) is 32.9 Å². The molecular weight excluding hydrogens is 384 g/mol. The number of aromatic amines is 1. The summed E-state index contributed by atoms with van der Waals surface area (Å²) in [6.07, 6.45) is 5.40. The first-order valence-electron chi connectivity index (χ1n) is 10.2.